The van der Waals surface area contributed by atoms with Gasteiger partial charge in [-0.05, 0) is 18.9 Å². The molecule has 1 heterocycles. The molecule has 6 heteroatoms. The second-order valence-electron chi connectivity index (χ2n) is 6.42. The fourth-order valence-electron chi connectivity index (χ4n) is 2.79. The summed E-state index contributed by atoms with van der Waals surface area (Å²) in [7, 11) is 1.81. The van der Waals surface area contributed by atoms with Crippen LogP contribution in [0.3, 0.4) is 0 Å². The Morgan fingerprint density at radius 2 is 2.00 bits per heavy atom. The van der Waals surface area contributed by atoms with Gasteiger partial charge in [-0.15, -0.1) is 24.0 Å². The first-order valence-electron chi connectivity index (χ1n) is 9.24. The summed E-state index contributed by atoms with van der Waals surface area (Å²) in [5.74, 6) is 1.84. The van der Waals surface area contributed by atoms with E-state index in [1.54, 1.807) is 0 Å². The maximum atomic E-state index is 4.48. The summed E-state index contributed by atoms with van der Waals surface area (Å²) in [4.78, 5) is 8.80. The molecule has 1 atom stereocenters. The first kappa shape index (κ1) is 22.5. The van der Waals surface area contributed by atoms with Gasteiger partial charge in [0.2, 0.25) is 0 Å². The summed E-state index contributed by atoms with van der Waals surface area (Å²) in [6, 6.07) is 10.9. The number of unbranched alkanes of at least 4 members (excludes halogenated alkanes) is 2. The third kappa shape index (κ3) is 7.76. The monoisotopic (exact) mass is 469 g/mol. The predicted molar refractivity (Wildman–Crippen MR) is 120 cm³/mol. The van der Waals surface area contributed by atoms with Crippen LogP contribution < -0.4 is 10.6 Å². The SMILES string of the molecule is CCCCCC(C)NC(=NC)NCc1nccn1Cc1ccccc1.I. The minimum atomic E-state index is 0. The second-order valence-corrected chi connectivity index (χ2v) is 6.42. The van der Waals surface area contributed by atoms with Crippen molar-refractivity contribution in [2.75, 3.05) is 7.05 Å². The van der Waals surface area contributed by atoms with Crippen LogP contribution in [0, 0.1) is 0 Å². The molecule has 1 aromatic carbocycles. The number of nitrogens with zero attached hydrogens (tertiary/aromatic N) is 3. The molecule has 1 unspecified atom stereocenters. The largest absolute Gasteiger partial charge is 0.354 e. The zero-order valence-electron chi connectivity index (χ0n) is 16.1. The zero-order valence-corrected chi connectivity index (χ0v) is 18.4. The summed E-state index contributed by atoms with van der Waals surface area (Å²) in [6.45, 7) is 5.92. The third-order valence-electron chi connectivity index (χ3n) is 4.26. The van der Waals surface area contributed by atoms with Crippen LogP contribution in [-0.2, 0) is 13.1 Å². The highest BCUT2D eigenvalue weighted by atomic mass is 127. The lowest BCUT2D eigenvalue weighted by Gasteiger charge is -2.18. The van der Waals surface area contributed by atoms with Crippen molar-refractivity contribution in [1.29, 1.82) is 0 Å². The van der Waals surface area contributed by atoms with Crippen molar-refractivity contribution in [1.82, 2.24) is 20.2 Å². The van der Waals surface area contributed by atoms with Gasteiger partial charge in [0, 0.05) is 32.0 Å². The average Bonchev–Trinajstić information content (AvgIpc) is 3.06. The molecule has 2 N–H and O–H groups in total. The van der Waals surface area contributed by atoms with Gasteiger partial charge >= 0.3 is 0 Å². The minimum Gasteiger partial charge on any atom is -0.354 e. The number of hydrogen-bond acceptors (Lipinski definition) is 2. The lowest BCUT2D eigenvalue weighted by Crippen LogP contribution is -2.42. The highest BCUT2D eigenvalue weighted by Gasteiger charge is 2.07. The second kappa shape index (κ2) is 12.7. The Morgan fingerprint density at radius 3 is 2.69 bits per heavy atom. The van der Waals surface area contributed by atoms with Crippen LogP contribution in [0.15, 0.2) is 47.7 Å². The van der Waals surface area contributed by atoms with Crippen molar-refractivity contribution < 1.29 is 0 Å². The van der Waals surface area contributed by atoms with Crippen molar-refractivity contribution in [3.8, 4) is 0 Å². The molecule has 2 rings (SSSR count). The van der Waals surface area contributed by atoms with Gasteiger partial charge in [0.15, 0.2) is 5.96 Å². The van der Waals surface area contributed by atoms with Gasteiger partial charge in [-0.25, -0.2) is 4.98 Å². The Balaban J connectivity index is 0.00000338. The molecule has 0 aliphatic rings. The van der Waals surface area contributed by atoms with E-state index in [2.05, 4.69) is 63.3 Å². The molecule has 144 valence electrons. The molecule has 0 spiro atoms. The van der Waals surface area contributed by atoms with Crippen molar-refractivity contribution in [2.45, 2.75) is 58.7 Å². The molecule has 5 nitrogen and oxygen atoms in total. The van der Waals surface area contributed by atoms with Gasteiger partial charge in [0.05, 0.1) is 6.54 Å². The zero-order chi connectivity index (χ0) is 17.9. The number of halogens is 1. The molecular formula is C20H32IN5. The Labute approximate surface area is 174 Å². The van der Waals surface area contributed by atoms with Crippen LogP contribution in [0.25, 0.3) is 0 Å². The number of benzene rings is 1. The van der Waals surface area contributed by atoms with Crippen LogP contribution >= 0.6 is 24.0 Å². The Hall–Kier alpha value is -1.57. The summed E-state index contributed by atoms with van der Waals surface area (Å²) in [5, 5.41) is 6.83. The van der Waals surface area contributed by atoms with Gasteiger partial charge in [-0.1, -0.05) is 56.5 Å². The Morgan fingerprint density at radius 1 is 1.23 bits per heavy atom. The van der Waals surface area contributed by atoms with Crippen LogP contribution in [0.5, 0.6) is 0 Å². The smallest absolute Gasteiger partial charge is 0.191 e. The molecule has 1 aromatic heterocycles. The fourth-order valence-corrected chi connectivity index (χ4v) is 2.79. The third-order valence-corrected chi connectivity index (χ3v) is 4.26. The van der Waals surface area contributed by atoms with E-state index < -0.39 is 0 Å². The minimum absolute atomic E-state index is 0. The number of rotatable bonds is 9. The van der Waals surface area contributed by atoms with Crippen molar-refractivity contribution in [2.24, 2.45) is 4.99 Å². The average molecular weight is 469 g/mol. The van der Waals surface area contributed by atoms with Crippen molar-refractivity contribution in [3.05, 3.63) is 54.1 Å². The van der Waals surface area contributed by atoms with E-state index in [1.165, 1.54) is 24.8 Å². The number of guanidine groups is 1. The molecule has 2 aromatic rings. The molecule has 0 saturated heterocycles. The van der Waals surface area contributed by atoms with E-state index in [4.69, 9.17) is 0 Å². The molecule has 0 saturated carbocycles. The van der Waals surface area contributed by atoms with Gasteiger partial charge in [-0.2, -0.15) is 0 Å². The molecule has 26 heavy (non-hydrogen) atoms. The first-order valence-corrected chi connectivity index (χ1v) is 9.24. The van der Waals surface area contributed by atoms with Gasteiger partial charge in [0.1, 0.15) is 5.82 Å². The van der Waals surface area contributed by atoms with E-state index in [9.17, 15) is 0 Å². The van der Waals surface area contributed by atoms with Crippen molar-refractivity contribution in [3.63, 3.8) is 0 Å². The molecule has 0 aliphatic heterocycles. The number of aliphatic imine (C=N–C) groups is 1. The van der Waals surface area contributed by atoms with Crippen LogP contribution in [0.2, 0.25) is 0 Å². The Bertz CT molecular complexity index is 639. The standard InChI is InChI=1S/C20H31N5.HI/c1-4-5-7-10-17(2)24-20(21-3)23-15-19-22-13-14-25(19)16-18-11-8-6-9-12-18;/h6,8-9,11-14,17H,4-5,7,10,15-16H2,1-3H3,(H2,21,23,24);1H. The maximum absolute atomic E-state index is 4.48. The van der Waals surface area contributed by atoms with E-state index in [1.807, 2.05) is 25.5 Å². The maximum Gasteiger partial charge on any atom is 0.191 e. The van der Waals surface area contributed by atoms with Crippen LogP contribution in [0.4, 0.5) is 0 Å². The van der Waals surface area contributed by atoms with Crippen LogP contribution in [0.1, 0.15) is 50.9 Å². The quantitative estimate of drug-likeness (QED) is 0.251. The van der Waals surface area contributed by atoms with E-state index in [0.717, 1.165) is 24.7 Å². The summed E-state index contributed by atoms with van der Waals surface area (Å²) in [6.07, 6.45) is 8.83. The summed E-state index contributed by atoms with van der Waals surface area (Å²) >= 11 is 0. The van der Waals surface area contributed by atoms with Gasteiger partial charge in [0.25, 0.3) is 0 Å². The highest BCUT2D eigenvalue weighted by Crippen LogP contribution is 2.06. The van der Waals surface area contributed by atoms with Crippen molar-refractivity contribution >= 4 is 29.9 Å². The van der Waals surface area contributed by atoms with E-state index >= 15 is 0 Å². The number of hydrogen-bond donors (Lipinski definition) is 2. The first-order chi connectivity index (χ1) is 12.2. The summed E-state index contributed by atoms with van der Waals surface area (Å²) < 4.78 is 2.17. The van der Waals surface area contributed by atoms with E-state index in [-0.39, 0.29) is 24.0 Å². The fraction of sp³-hybridized carbons (Fsp3) is 0.500. The predicted octanol–water partition coefficient (Wildman–Crippen LogP) is 4.18. The number of nitrogens with one attached hydrogen (secondary N) is 2. The van der Waals surface area contributed by atoms with Crippen LogP contribution in [-0.4, -0.2) is 28.6 Å². The topological polar surface area (TPSA) is 54.2 Å². The Kier molecular flexibility index (Phi) is 11.0. The molecule has 0 amide bonds. The summed E-state index contributed by atoms with van der Waals surface area (Å²) in [5.41, 5.74) is 1.27. The highest BCUT2D eigenvalue weighted by molar-refractivity contribution is 14.0. The van der Waals surface area contributed by atoms with Gasteiger partial charge in [-0.3, -0.25) is 4.99 Å². The molecule has 0 bridgehead atoms. The molecule has 0 fully saturated rings. The number of aromatic nitrogens is 2. The molecule has 0 radical (unpaired) electrons. The van der Waals surface area contributed by atoms with E-state index in [0.29, 0.717) is 12.6 Å². The normalized spacial score (nSPS) is 12.3. The number of imidazole rings is 1. The lowest BCUT2D eigenvalue weighted by atomic mass is 10.1. The molecule has 0 aliphatic carbocycles. The molecular weight excluding hydrogens is 437 g/mol. The van der Waals surface area contributed by atoms with Gasteiger partial charge < -0.3 is 15.2 Å². The lowest BCUT2D eigenvalue weighted by molar-refractivity contribution is 0.545.